The summed E-state index contributed by atoms with van der Waals surface area (Å²) in [5, 5.41) is 0. The first-order valence-corrected chi connectivity index (χ1v) is 11.1. The summed E-state index contributed by atoms with van der Waals surface area (Å²) in [6.07, 6.45) is 3.55. The van der Waals surface area contributed by atoms with Crippen molar-refractivity contribution in [2.24, 2.45) is 0 Å². The maximum atomic E-state index is 12.6. The van der Waals surface area contributed by atoms with E-state index in [4.69, 9.17) is 0 Å². The largest absolute Gasteiger partial charge is 0.339 e. The number of sulfonamides is 1. The number of rotatable bonds is 5. The van der Waals surface area contributed by atoms with Crippen molar-refractivity contribution in [3.8, 4) is 0 Å². The van der Waals surface area contributed by atoms with Gasteiger partial charge in [-0.15, -0.1) is 0 Å². The summed E-state index contributed by atoms with van der Waals surface area (Å²) < 4.78 is 26.7. The van der Waals surface area contributed by atoms with Gasteiger partial charge >= 0.3 is 0 Å². The van der Waals surface area contributed by atoms with E-state index in [-0.39, 0.29) is 11.7 Å². The van der Waals surface area contributed by atoms with Crippen LogP contribution in [0.1, 0.15) is 31.7 Å². The molecule has 2 aliphatic heterocycles. The van der Waals surface area contributed by atoms with Gasteiger partial charge < -0.3 is 4.90 Å². The molecule has 0 radical (unpaired) electrons. The lowest BCUT2D eigenvalue weighted by Crippen LogP contribution is -2.53. The van der Waals surface area contributed by atoms with Crippen molar-refractivity contribution in [2.45, 2.75) is 38.0 Å². The molecular weight excluding hydrogens is 350 g/mol. The van der Waals surface area contributed by atoms with Crippen LogP contribution in [0.15, 0.2) is 30.3 Å². The lowest BCUT2D eigenvalue weighted by atomic mass is 10.0. The van der Waals surface area contributed by atoms with Crippen molar-refractivity contribution in [3.05, 3.63) is 35.9 Å². The molecule has 0 aromatic heterocycles. The quantitative estimate of drug-likeness (QED) is 0.779. The minimum atomic E-state index is -3.34. The van der Waals surface area contributed by atoms with Crippen molar-refractivity contribution >= 4 is 15.9 Å². The fourth-order valence-electron chi connectivity index (χ4n) is 3.76. The number of nitrogens with zero attached hydrogens (tertiary/aromatic N) is 3. The number of hydrogen-bond acceptors (Lipinski definition) is 4. The van der Waals surface area contributed by atoms with Crippen molar-refractivity contribution in [1.82, 2.24) is 14.1 Å². The Hall–Kier alpha value is -1.44. The topological polar surface area (TPSA) is 60.9 Å². The van der Waals surface area contributed by atoms with Gasteiger partial charge in [0.1, 0.15) is 0 Å². The summed E-state index contributed by atoms with van der Waals surface area (Å²) in [5.74, 6) is 0.145. The molecule has 7 heteroatoms. The first-order chi connectivity index (χ1) is 12.5. The van der Waals surface area contributed by atoms with Gasteiger partial charge in [-0.05, 0) is 31.9 Å². The van der Waals surface area contributed by atoms with Gasteiger partial charge in [0.25, 0.3) is 0 Å². The third kappa shape index (κ3) is 4.84. The molecule has 2 aliphatic rings. The lowest BCUT2D eigenvalue weighted by Gasteiger charge is -2.37. The van der Waals surface area contributed by atoms with Crippen LogP contribution in [0.5, 0.6) is 0 Å². The molecule has 1 aromatic carbocycles. The van der Waals surface area contributed by atoms with Crippen molar-refractivity contribution in [1.29, 1.82) is 0 Å². The molecule has 0 N–H and O–H groups in total. The van der Waals surface area contributed by atoms with E-state index in [1.807, 2.05) is 35.2 Å². The molecule has 1 amide bonds. The molecule has 1 atom stereocenters. The van der Waals surface area contributed by atoms with E-state index in [0.29, 0.717) is 38.8 Å². The smallest absolute Gasteiger partial charge is 0.236 e. The number of piperidine rings is 1. The number of amides is 1. The van der Waals surface area contributed by atoms with E-state index in [2.05, 4.69) is 11.8 Å². The summed E-state index contributed by atoms with van der Waals surface area (Å²) in [5.41, 5.74) is 0.796. The highest BCUT2D eigenvalue weighted by Gasteiger charge is 2.30. The van der Waals surface area contributed by atoms with Crippen molar-refractivity contribution in [3.63, 3.8) is 0 Å². The molecule has 26 heavy (non-hydrogen) atoms. The van der Waals surface area contributed by atoms with Gasteiger partial charge in [0.15, 0.2) is 0 Å². The van der Waals surface area contributed by atoms with Crippen LogP contribution < -0.4 is 0 Å². The minimum Gasteiger partial charge on any atom is -0.339 e. The van der Waals surface area contributed by atoms with Gasteiger partial charge in [-0.1, -0.05) is 36.8 Å². The number of carbonyl (C=O) groups is 1. The third-order valence-electron chi connectivity index (χ3n) is 5.46. The van der Waals surface area contributed by atoms with Gasteiger partial charge in [0.05, 0.1) is 12.3 Å². The predicted molar refractivity (Wildman–Crippen MR) is 102 cm³/mol. The van der Waals surface area contributed by atoms with Gasteiger partial charge in [-0.2, -0.15) is 4.31 Å². The Morgan fingerprint density at radius 2 is 1.73 bits per heavy atom. The highest BCUT2D eigenvalue weighted by Crippen LogP contribution is 2.17. The Labute approximate surface area is 156 Å². The van der Waals surface area contributed by atoms with Gasteiger partial charge in [0.2, 0.25) is 15.9 Å². The van der Waals surface area contributed by atoms with Crippen LogP contribution in [0, 0.1) is 0 Å². The highest BCUT2D eigenvalue weighted by atomic mass is 32.2. The van der Waals surface area contributed by atoms with E-state index >= 15 is 0 Å². The monoisotopic (exact) mass is 379 g/mol. The standard InChI is InChI=1S/C19H29N3O3S/c1-17-7-5-6-10-21(17)15-19(23)20-11-13-22(14-12-20)26(24,25)16-18-8-3-2-4-9-18/h2-4,8-9,17H,5-7,10-16H2,1H3/t17-/m1/s1. The Morgan fingerprint density at radius 3 is 2.38 bits per heavy atom. The third-order valence-corrected chi connectivity index (χ3v) is 7.31. The normalized spacial score (nSPS) is 23.1. The van der Waals surface area contributed by atoms with E-state index in [1.54, 1.807) is 0 Å². The van der Waals surface area contributed by atoms with Gasteiger partial charge in [-0.3, -0.25) is 9.69 Å². The predicted octanol–water partition coefficient (Wildman–Crippen LogP) is 1.54. The maximum absolute atomic E-state index is 12.6. The van der Waals surface area contributed by atoms with E-state index in [0.717, 1.165) is 24.9 Å². The molecule has 2 fully saturated rings. The molecule has 2 saturated heterocycles. The summed E-state index contributed by atoms with van der Waals surface area (Å²) in [6, 6.07) is 9.70. The molecule has 144 valence electrons. The van der Waals surface area contributed by atoms with Crippen LogP contribution in [-0.2, 0) is 20.6 Å². The average molecular weight is 380 g/mol. The number of likely N-dealkylation sites (tertiary alicyclic amines) is 1. The van der Waals surface area contributed by atoms with E-state index in [1.165, 1.54) is 10.7 Å². The van der Waals surface area contributed by atoms with E-state index < -0.39 is 10.0 Å². The van der Waals surface area contributed by atoms with Crippen LogP contribution in [0.3, 0.4) is 0 Å². The molecule has 3 rings (SSSR count). The second-order valence-electron chi connectivity index (χ2n) is 7.34. The molecule has 1 aromatic rings. The Bertz CT molecular complexity index is 700. The summed E-state index contributed by atoms with van der Waals surface area (Å²) in [7, 11) is -3.34. The highest BCUT2D eigenvalue weighted by molar-refractivity contribution is 7.88. The zero-order valence-electron chi connectivity index (χ0n) is 15.5. The molecule has 2 heterocycles. The first-order valence-electron chi connectivity index (χ1n) is 9.49. The van der Waals surface area contributed by atoms with Gasteiger partial charge in [-0.25, -0.2) is 8.42 Å². The Morgan fingerprint density at radius 1 is 1.04 bits per heavy atom. The maximum Gasteiger partial charge on any atom is 0.236 e. The molecular formula is C19H29N3O3S. The Balaban J connectivity index is 1.51. The number of carbonyl (C=O) groups excluding carboxylic acids is 1. The number of benzene rings is 1. The molecule has 0 aliphatic carbocycles. The zero-order valence-corrected chi connectivity index (χ0v) is 16.3. The first kappa shape index (κ1) is 19.3. The second kappa shape index (κ2) is 8.50. The second-order valence-corrected chi connectivity index (χ2v) is 9.31. The molecule has 0 saturated carbocycles. The number of piperazine rings is 1. The van der Waals surface area contributed by atoms with Crippen LogP contribution in [0.25, 0.3) is 0 Å². The zero-order chi connectivity index (χ0) is 18.6. The molecule has 0 spiro atoms. The van der Waals surface area contributed by atoms with Crippen molar-refractivity contribution < 1.29 is 13.2 Å². The van der Waals surface area contributed by atoms with Crippen molar-refractivity contribution in [2.75, 3.05) is 39.3 Å². The van der Waals surface area contributed by atoms with Crippen LogP contribution in [0.4, 0.5) is 0 Å². The van der Waals surface area contributed by atoms with Crippen LogP contribution in [-0.4, -0.2) is 73.7 Å². The van der Waals surface area contributed by atoms with E-state index in [9.17, 15) is 13.2 Å². The SMILES string of the molecule is C[C@@H]1CCCCN1CC(=O)N1CCN(S(=O)(=O)Cc2ccccc2)CC1. The fraction of sp³-hybridized carbons (Fsp3) is 0.632. The fourth-order valence-corrected chi connectivity index (χ4v) is 5.27. The Kier molecular flexibility index (Phi) is 6.32. The van der Waals surface area contributed by atoms with Crippen LogP contribution in [0.2, 0.25) is 0 Å². The van der Waals surface area contributed by atoms with Gasteiger partial charge in [0, 0.05) is 32.2 Å². The molecule has 0 bridgehead atoms. The summed E-state index contributed by atoms with van der Waals surface area (Å²) >= 11 is 0. The molecule has 0 unspecified atom stereocenters. The molecule has 6 nitrogen and oxygen atoms in total. The summed E-state index contributed by atoms with van der Waals surface area (Å²) in [4.78, 5) is 16.6. The number of hydrogen-bond donors (Lipinski definition) is 0. The minimum absolute atomic E-state index is 0.0209. The average Bonchev–Trinajstić information content (AvgIpc) is 2.64. The lowest BCUT2D eigenvalue weighted by molar-refractivity contribution is -0.134. The van der Waals surface area contributed by atoms with Crippen LogP contribution >= 0.6 is 0 Å². The summed E-state index contributed by atoms with van der Waals surface area (Å²) in [6.45, 7) is 5.36.